The predicted octanol–water partition coefficient (Wildman–Crippen LogP) is 1.80. The van der Waals surface area contributed by atoms with E-state index in [1.165, 1.54) is 13.3 Å². The van der Waals surface area contributed by atoms with Crippen LogP contribution in [-0.2, 0) is 4.79 Å². The maximum Gasteiger partial charge on any atom is 0.251 e. The number of nitrogens with one attached hydrogen (secondary N) is 3. The smallest absolute Gasteiger partial charge is 0.251 e. The van der Waals surface area contributed by atoms with Gasteiger partial charge in [-0.1, -0.05) is 0 Å². The molecule has 1 aromatic rings. The van der Waals surface area contributed by atoms with Crippen LogP contribution in [0.1, 0.15) is 30.1 Å². The van der Waals surface area contributed by atoms with Gasteiger partial charge in [0.25, 0.3) is 5.91 Å². The van der Waals surface area contributed by atoms with Crippen LogP contribution in [0.4, 0.5) is 5.69 Å². The van der Waals surface area contributed by atoms with Gasteiger partial charge < -0.3 is 16.0 Å². The molecule has 2 amide bonds. The molecule has 0 spiro atoms. The number of benzene rings is 1. The van der Waals surface area contributed by atoms with Gasteiger partial charge in [-0.15, -0.1) is 12.4 Å². The largest absolute Gasteiger partial charge is 0.352 e. The second-order valence-electron chi connectivity index (χ2n) is 5.16. The molecule has 1 aliphatic heterocycles. The van der Waals surface area contributed by atoms with Crippen LogP contribution in [0.15, 0.2) is 24.3 Å². The standard InChI is InChI=1S/C15H21N3O2.ClH/c1-11(19)18-14-4-2-13(3-5-14)15(20)17-9-7-12-6-8-16-10-12;/h2-5,12,16H,6-10H2,1H3,(H,17,20)(H,18,19);1H. The topological polar surface area (TPSA) is 70.2 Å². The number of amides is 2. The third-order valence-corrected chi connectivity index (χ3v) is 3.47. The van der Waals surface area contributed by atoms with Gasteiger partial charge >= 0.3 is 0 Å². The van der Waals surface area contributed by atoms with Crippen LogP contribution in [0.5, 0.6) is 0 Å². The van der Waals surface area contributed by atoms with Crippen LogP contribution < -0.4 is 16.0 Å². The van der Waals surface area contributed by atoms with Crippen molar-refractivity contribution in [2.24, 2.45) is 5.92 Å². The lowest BCUT2D eigenvalue weighted by Crippen LogP contribution is -2.26. The van der Waals surface area contributed by atoms with Gasteiger partial charge in [-0.25, -0.2) is 0 Å². The maximum atomic E-state index is 11.9. The summed E-state index contributed by atoms with van der Waals surface area (Å²) in [6.07, 6.45) is 2.21. The highest BCUT2D eigenvalue weighted by molar-refractivity contribution is 5.95. The van der Waals surface area contributed by atoms with E-state index >= 15 is 0 Å². The summed E-state index contributed by atoms with van der Waals surface area (Å²) in [7, 11) is 0. The van der Waals surface area contributed by atoms with Crippen LogP contribution in [0, 0.1) is 5.92 Å². The van der Waals surface area contributed by atoms with Crippen molar-refractivity contribution in [3.8, 4) is 0 Å². The van der Waals surface area contributed by atoms with Crippen molar-refractivity contribution in [1.29, 1.82) is 0 Å². The zero-order chi connectivity index (χ0) is 14.4. The second kappa shape index (κ2) is 8.64. The summed E-state index contributed by atoms with van der Waals surface area (Å²) in [5.74, 6) is 0.496. The van der Waals surface area contributed by atoms with Gasteiger partial charge in [0.05, 0.1) is 0 Å². The minimum Gasteiger partial charge on any atom is -0.352 e. The molecule has 116 valence electrons. The van der Waals surface area contributed by atoms with Gasteiger partial charge in [0.2, 0.25) is 5.91 Å². The quantitative estimate of drug-likeness (QED) is 0.776. The molecule has 6 heteroatoms. The number of carbonyl (C=O) groups excluding carboxylic acids is 2. The zero-order valence-corrected chi connectivity index (χ0v) is 13.0. The van der Waals surface area contributed by atoms with E-state index in [1.54, 1.807) is 24.3 Å². The fraction of sp³-hybridized carbons (Fsp3) is 0.467. The molecule has 1 saturated heterocycles. The molecule has 1 unspecified atom stereocenters. The number of hydrogen-bond donors (Lipinski definition) is 3. The Labute approximate surface area is 131 Å². The third kappa shape index (κ3) is 5.73. The van der Waals surface area contributed by atoms with Crippen molar-refractivity contribution >= 4 is 29.9 Å². The van der Waals surface area contributed by atoms with E-state index in [2.05, 4.69) is 16.0 Å². The minimum atomic E-state index is -0.118. The average Bonchev–Trinajstić information content (AvgIpc) is 2.92. The van der Waals surface area contributed by atoms with Crippen molar-refractivity contribution in [2.45, 2.75) is 19.8 Å². The molecule has 0 aliphatic carbocycles. The summed E-state index contributed by atoms with van der Waals surface area (Å²) in [6, 6.07) is 6.91. The van der Waals surface area contributed by atoms with Crippen molar-refractivity contribution in [2.75, 3.05) is 25.0 Å². The Morgan fingerprint density at radius 3 is 2.57 bits per heavy atom. The monoisotopic (exact) mass is 311 g/mol. The zero-order valence-electron chi connectivity index (χ0n) is 12.1. The molecule has 3 N–H and O–H groups in total. The van der Waals surface area contributed by atoms with E-state index in [4.69, 9.17) is 0 Å². The fourth-order valence-electron chi connectivity index (χ4n) is 2.36. The van der Waals surface area contributed by atoms with Gasteiger partial charge in [0.1, 0.15) is 0 Å². The molecule has 1 fully saturated rings. The van der Waals surface area contributed by atoms with Crippen molar-refractivity contribution in [3.63, 3.8) is 0 Å². The highest BCUT2D eigenvalue weighted by Gasteiger charge is 2.14. The van der Waals surface area contributed by atoms with Crippen LogP contribution in [0.3, 0.4) is 0 Å². The Bertz CT molecular complexity index is 470. The van der Waals surface area contributed by atoms with Crippen LogP contribution >= 0.6 is 12.4 Å². The Kier molecular flexibility index (Phi) is 7.19. The van der Waals surface area contributed by atoms with Gasteiger partial charge in [-0.3, -0.25) is 9.59 Å². The highest BCUT2D eigenvalue weighted by Crippen LogP contribution is 2.12. The summed E-state index contributed by atoms with van der Waals surface area (Å²) in [6.45, 7) is 4.31. The molecule has 0 radical (unpaired) electrons. The number of halogens is 1. The van der Waals surface area contributed by atoms with E-state index in [1.807, 2.05) is 0 Å². The first-order valence-corrected chi connectivity index (χ1v) is 7.02. The van der Waals surface area contributed by atoms with Crippen molar-refractivity contribution < 1.29 is 9.59 Å². The number of anilines is 1. The van der Waals surface area contributed by atoms with Crippen LogP contribution in [0.2, 0.25) is 0 Å². The summed E-state index contributed by atoms with van der Waals surface area (Å²) < 4.78 is 0. The van der Waals surface area contributed by atoms with E-state index < -0.39 is 0 Å². The summed E-state index contributed by atoms with van der Waals surface area (Å²) in [5, 5.41) is 8.92. The Balaban J connectivity index is 0.00000220. The van der Waals surface area contributed by atoms with Crippen molar-refractivity contribution in [3.05, 3.63) is 29.8 Å². The molecule has 5 nitrogen and oxygen atoms in total. The number of hydrogen-bond acceptors (Lipinski definition) is 3. The molecule has 0 aromatic heterocycles. The van der Waals surface area contributed by atoms with Gasteiger partial charge in [0, 0.05) is 24.7 Å². The van der Waals surface area contributed by atoms with E-state index in [0.29, 0.717) is 23.7 Å². The molecule has 1 heterocycles. The first kappa shape index (κ1) is 17.5. The molecule has 1 aliphatic rings. The second-order valence-corrected chi connectivity index (χ2v) is 5.16. The summed E-state index contributed by atoms with van der Waals surface area (Å²) >= 11 is 0. The summed E-state index contributed by atoms with van der Waals surface area (Å²) in [4.78, 5) is 22.8. The van der Waals surface area contributed by atoms with Crippen LogP contribution in [-0.4, -0.2) is 31.4 Å². The van der Waals surface area contributed by atoms with Crippen LogP contribution in [0.25, 0.3) is 0 Å². The molecule has 2 rings (SSSR count). The molecule has 0 saturated carbocycles. The SMILES string of the molecule is CC(=O)Nc1ccc(C(=O)NCCC2CCNC2)cc1.Cl. The first-order valence-electron chi connectivity index (χ1n) is 7.02. The van der Waals surface area contributed by atoms with E-state index in [-0.39, 0.29) is 24.2 Å². The molecule has 1 atom stereocenters. The average molecular weight is 312 g/mol. The molecular formula is C15H22ClN3O2. The van der Waals surface area contributed by atoms with E-state index in [0.717, 1.165) is 19.5 Å². The maximum absolute atomic E-state index is 11.9. The normalized spacial score (nSPS) is 16.9. The molecule has 21 heavy (non-hydrogen) atoms. The Morgan fingerprint density at radius 1 is 1.29 bits per heavy atom. The van der Waals surface area contributed by atoms with Gasteiger partial charge in [-0.2, -0.15) is 0 Å². The number of rotatable bonds is 5. The summed E-state index contributed by atoms with van der Waals surface area (Å²) in [5.41, 5.74) is 1.31. The first-order chi connectivity index (χ1) is 9.65. The van der Waals surface area contributed by atoms with E-state index in [9.17, 15) is 9.59 Å². The third-order valence-electron chi connectivity index (χ3n) is 3.47. The Hall–Kier alpha value is -1.59. The highest BCUT2D eigenvalue weighted by atomic mass is 35.5. The number of carbonyl (C=O) groups is 2. The lowest BCUT2D eigenvalue weighted by Gasteiger charge is -2.09. The fourth-order valence-corrected chi connectivity index (χ4v) is 2.36. The minimum absolute atomic E-state index is 0. The Morgan fingerprint density at radius 2 is 2.00 bits per heavy atom. The van der Waals surface area contributed by atoms with Gasteiger partial charge in [-0.05, 0) is 56.1 Å². The van der Waals surface area contributed by atoms with Gasteiger partial charge in [0.15, 0.2) is 0 Å². The lowest BCUT2D eigenvalue weighted by molar-refractivity contribution is -0.114. The lowest BCUT2D eigenvalue weighted by atomic mass is 10.1. The molecular weight excluding hydrogens is 290 g/mol. The predicted molar refractivity (Wildman–Crippen MR) is 85.9 cm³/mol. The molecule has 1 aromatic carbocycles. The van der Waals surface area contributed by atoms with Crippen molar-refractivity contribution in [1.82, 2.24) is 10.6 Å². The molecule has 0 bridgehead atoms.